The summed E-state index contributed by atoms with van der Waals surface area (Å²) in [5.41, 5.74) is 1.46. The van der Waals surface area contributed by atoms with Crippen LogP contribution in [0, 0.1) is 0 Å². The summed E-state index contributed by atoms with van der Waals surface area (Å²) in [4.78, 5) is 37.4. The van der Waals surface area contributed by atoms with Gasteiger partial charge in [-0.25, -0.2) is 4.79 Å². The van der Waals surface area contributed by atoms with E-state index in [1.165, 1.54) is 0 Å². The maximum absolute atomic E-state index is 12.4. The summed E-state index contributed by atoms with van der Waals surface area (Å²) in [7, 11) is 3.15. The van der Waals surface area contributed by atoms with Gasteiger partial charge >= 0.3 is 12.1 Å². The Morgan fingerprint density at radius 2 is 1.70 bits per heavy atom. The molecule has 0 spiro atoms. The summed E-state index contributed by atoms with van der Waals surface area (Å²) in [6, 6.07) is 3.79. The van der Waals surface area contributed by atoms with Crippen LogP contribution in [-0.4, -0.2) is 62.4 Å². The molecule has 1 aliphatic heterocycles. The van der Waals surface area contributed by atoms with E-state index in [4.69, 9.17) is 18.9 Å². The summed E-state index contributed by atoms with van der Waals surface area (Å²) in [6.07, 6.45) is 0.0204. The highest BCUT2D eigenvalue weighted by molar-refractivity contribution is 5.81. The van der Waals surface area contributed by atoms with Crippen molar-refractivity contribution in [3.05, 3.63) is 23.3 Å². The van der Waals surface area contributed by atoms with E-state index in [-0.39, 0.29) is 25.5 Å². The van der Waals surface area contributed by atoms with Crippen LogP contribution < -0.4 is 14.8 Å². The summed E-state index contributed by atoms with van der Waals surface area (Å²) in [5, 5.41) is 2.47. The van der Waals surface area contributed by atoms with Gasteiger partial charge in [-0.15, -0.1) is 0 Å². The third-order valence-corrected chi connectivity index (χ3v) is 4.42. The molecule has 0 saturated carbocycles. The second-order valence-corrected chi connectivity index (χ2v) is 7.88. The number of rotatable bonds is 7. The molecule has 1 heterocycles. The molecular weight excluding hydrogens is 392 g/mol. The monoisotopic (exact) mass is 422 g/mol. The molecule has 1 aromatic carbocycles. The third kappa shape index (κ3) is 6.82. The molecule has 9 heteroatoms. The fraction of sp³-hybridized carbons (Fsp3) is 0.571. The molecule has 166 valence electrons. The molecule has 2 amide bonds. The van der Waals surface area contributed by atoms with Crippen molar-refractivity contribution in [2.45, 2.75) is 45.8 Å². The van der Waals surface area contributed by atoms with E-state index in [1.807, 2.05) is 12.1 Å². The number of carbonyl (C=O) groups is 3. The molecule has 0 radical (unpaired) electrons. The molecule has 2 rings (SSSR count). The number of nitrogens with one attached hydrogen (secondary N) is 1. The molecule has 0 atom stereocenters. The number of ether oxygens (including phenoxy) is 4. The Balaban J connectivity index is 1.78. The maximum atomic E-state index is 12.4. The minimum Gasteiger partial charge on any atom is -0.493 e. The van der Waals surface area contributed by atoms with Gasteiger partial charge in [0.25, 0.3) is 5.91 Å². The van der Waals surface area contributed by atoms with Crippen molar-refractivity contribution < 1.29 is 33.3 Å². The van der Waals surface area contributed by atoms with Crippen molar-refractivity contribution in [2.24, 2.45) is 0 Å². The third-order valence-electron chi connectivity index (χ3n) is 4.42. The average Bonchev–Trinajstić information content (AvgIpc) is 2.69. The number of benzene rings is 1. The van der Waals surface area contributed by atoms with Crippen molar-refractivity contribution in [3.63, 3.8) is 0 Å². The molecule has 0 saturated heterocycles. The standard InChI is InChI=1S/C21H30N2O7/c1-21(2,3)30-20(26)22-8-6-19(25)29-13-18(24)23-9-7-14-10-16(27-4)17(28-5)11-15(14)12-23/h10-11H,6-9,12-13H2,1-5H3,(H,22,26). The number of carbonyl (C=O) groups excluding carboxylic acids is 3. The molecule has 0 bridgehead atoms. The molecule has 1 N–H and O–H groups in total. The van der Waals surface area contributed by atoms with Gasteiger partial charge in [-0.05, 0) is 50.5 Å². The Kier molecular flexibility index (Phi) is 7.91. The van der Waals surface area contributed by atoms with Gasteiger partial charge in [-0.1, -0.05) is 0 Å². The van der Waals surface area contributed by atoms with Crippen LogP contribution in [-0.2, 0) is 32.0 Å². The summed E-state index contributed by atoms with van der Waals surface area (Å²) in [5.74, 6) is 0.423. The molecule has 9 nitrogen and oxygen atoms in total. The van der Waals surface area contributed by atoms with Crippen molar-refractivity contribution >= 4 is 18.0 Å². The molecule has 0 unspecified atom stereocenters. The first kappa shape index (κ1) is 23.3. The minimum absolute atomic E-state index is 0.0493. The summed E-state index contributed by atoms with van der Waals surface area (Å²) >= 11 is 0. The van der Waals surface area contributed by atoms with E-state index >= 15 is 0 Å². The van der Waals surface area contributed by atoms with E-state index in [2.05, 4.69) is 5.32 Å². The van der Waals surface area contributed by atoms with Gasteiger partial charge < -0.3 is 29.2 Å². The second-order valence-electron chi connectivity index (χ2n) is 7.88. The van der Waals surface area contributed by atoms with Crippen molar-refractivity contribution in [1.29, 1.82) is 0 Å². The lowest BCUT2D eigenvalue weighted by atomic mass is 9.99. The lowest BCUT2D eigenvalue weighted by molar-refractivity contribution is -0.152. The number of nitrogens with zero attached hydrogens (tertiary/aromatic N) is 1. The second kappa shape index (κ2) is 10.2. The van der Waals surface area contributed by atoms with Crippen LogP contribution in [0.25, 0.3) is 0 Å². The lowest BCUT2D eigenvalue weighted by Gasteiger charge is -2.29. The van der Waals surface area contributed by atoms with Crippen LogP contribution in [0.15, 0.2) is 12.1 Å². The highest BCUT2D eigenvalue weighted by Crippen LogP contribution is 2.33. The maximum Gasteiger partial charge on any atom is 0.407 e. The van der Waals surface area contributed by atoms with Crippen LogP contribution in [0.1, 0.15) is 38.3 Å². The smallest absolute Gasteiger partial charge is 0.407 e. The Labute approximate surface area is 176 Å². The van der Waals surface area contributed by atoms with Crippen LogP contribution in [0.5, 0.6) is 11.5 Å². The van der Waals surface area contributed by atoms with Gasteiger partial charge in [-0.2, -0.15) is 0 Å². The number of fused-ring (bicyclic) bond motifs is 1. The first-order valence-electron chi connectivity index (χ1n) is 9.77. The van der Waals surface area contributed by atoms with E-state index in [0.29, 0.717) is 31.0 Å². The largest absolute Gasteiger partial charge is 0.493 e. The Morgan fingerprint density at radius 3 is 2.30 bits per heavy atom. The zero-order valence-electron chi connectivity index (χ0n) is 18.2. The molecule has 0 fully saturated rings. The number of hydrogen-bond acceptors (Lipinski definition) is 7. The average molecular weight is 422 g/mol. The molecule has 0 aliphatic carbocycles. The Hall–Kier alpha value is -2.97. The van der Waals surface area contributed by atoms with E-state index in [0.717, 1.165) is 11.1 Å². The number of esters is 1. The topological polar surface area (TPSA) is 103 Å². The molecular formula is C21H30N2O7. The fourth-order valence-corrected chi connectivity index (χ4v) is 2.98. The Morgan fingerprint density at radius 1 is 1.07 bits per heavy atom. The highest BCUT2D eigenvalue weighted by Gasteiger charge is 2.23. The van der Waals surface area contributed by atoms with Crippen LogP contribution in [0.2, 0.25) is 0 Å². The van der Waals surface area contributed by atoms with E-state index in [9.17, 15) is 14.4 Å². The van der Waals surface area contributed by atoms with Crippen LogP contribution >= 0.6 is 0 Å². The summed E-state index contributed by atoms with van der Waals surface area (Å²) in [6.45, 7) is 5.91. The van der Waals surface area contributed by atoms with Crippen molar-refractivity contribution in [3.8, 4) is 11.5 Å². The van der Waals surface area contributed by atoms with Gasteiger partial charge in [0.15, 0.2) is 18.1 Å². The molecule has 30 heavy (non-hydrogen) atoms. The van der Waals surface area contributed by atoms with Gasteiger partial charge in [0.1, 0.15) is 5.60 Å². The van der Waals surface area contributed by atoms with Gasteiger partial charge in [0.05, 0.1) is 20.6 Å². The minimum atomic E-state index is -0.612. The van der Waals surface area contributed by atoms with Gasteiger partial charge in [0, 0.05) is 19.6 Å². The van der Waals surface area contributed by atoms with Crippen molar-refractivity contribution in [1.82, 2.24) is 10.2 Å². The van der Waals surface area contributed by atoms with E-state index < -0.39 is 17.7 Å². The highest BCUT2D eigenvalue weighted by atomic mass is 16.6. The lowest BCUT2D eigenvalue weighted by Crippen LogP contribution is -2.39. The predicted molar refractivity (Wildman–Crippen MR) is 108 cm³/mol. The number of amides is 2. The normalized spacial score (nSPS) is 13.2. The summed E-state index contributed by atoms with van der Waals surface area (Å²) < 4.78 is 20.8. The van der Waals surface area contributed by atoms with Crippen molar-refractivity contribution in [2.75, 3.05) is 33.9 Å². The van der Waals surface area contributed by atoms with E-state index in [1.54, 1.807) is 39.9 Å². The fourth-order valence-electron chi connectivity index (χ4n) is 2.98. The quantitative estimate of drug-likeness (QED) is 0.671. The molecule has 1 aromatic rings. The first-order chi connectivity index (χ1) is 14.1. The SMILES string of the molecule is COc1cc2c(cc1OC)CN(C(=O)COC(=O)CCNC(=O)OC(C)(C)C)CC2. The zero-order chi connectivity index (χ0) is 22.3. The number of hydrogen-bond donors (Lipinski definition) is 1. The molecule has 1 aliphatic rings. The molecule has 0 aromatic heterocycles. The number of alkyl carbamates (subject to hydrolysis) is 1. The van der Waals surface area contributed by atoms with Crippen LogP contribution in [0.3, 0.4) is 0 Å². The van der Waals surface area contributed by atoms with Gasteiger partial charge in [0.2, 0.25) is 0 Å². The van der Waals surface area contributed by atoms with Gasteiger partial charge in [-0.3, -0.25) is 9.59 Å². The van der Waals surface area contributed by atoms with Crippen LogP contribution in [0.4, 0.5) is 4.79 Å². The predicted octanol–water partition coefficient (Wildman–Crippen LogP) is 2.05. The first-order valence-corrected chi connectivity index (χ1v) is 9.77. The zero-order valence-corrected chi connectivity index (χ0v) is 18.2. The number of methoxy groups -OCH3 is 2. The Bertz CT molecular complexity index is 786.